The highest BCUT2D eigenvalue weighted by molar-refractivity contribution is 6.19. The van der Waals surface area contributed by atoms with Gasteiger partial charge in [-0.2, -0.15) is 0 Å². The van der Waals surface area contributed by atoms with Crippen LogP contribution in [-0.4, -0.2) is 29.3 Å². The van der Waals surface area contributed by atoms with Crippen LogP contribution in [0.2, 0.25) is 0 Å². The molecular weight excluding hydrogens is 232 g/mol. The Kier molecular flexibility index (Phi) is 3.41. The molecule has 1 aliphatic carbocycles. The molecule has 2 rings (SSSR count). The van der Waals surface area contributed by atoms with E-state index in [1.54, 1.807) is 0 Å². The molecule has 2 fully saturated rings. The van der Waals surface area contributed by atoms with Crippen LogP contribution in [0.1, 0.15) is 46.0 Å². The first-order valence-electron chi connectivity index (χ1n) is 6.72. The maximum absolute atomic E-state index is 12.4. The van der Waals surface area contributed by atoms with Gasteiger partial charge < -0.3 is 0 Å². The van der Waals surface area contributed by atoms with Crippen molar-refractivity contribution in [3.63, 3.8) is 0 Å². The largest absolute Gasteiger partial charge is 0.330 e. The Morgan fingerprint density at radius 1 is 1.22 bits per heavy atom. The van der Waals surface area contributed by atoms with Crippen LogP contribution in [0, 0.1) is 11.3 Å². The van der Waals surface area contributed by atoms with Gasteiger partial charge in [0.1, 0.15) is 5.41 Å². The van der Waals surface area contributed by atoms with Crippen LogP contribution in [0.5, 0.6) is 0 Å². The Morgan fingerprint density at radius 3 is 2.28 bits per heavy atom. The summed E-state index contributed by atoms with van der Waals surface area (Å²) >= 11 is 0. The molecule has 5 heteroatoms. The number of carbonyl (C=O) groups excluding carboxylic acids is 3. The summed E-state index contributed by atoms with van der Waals surface area (Å²) in [5.41, 5.74) is -0.931. The third-order valence-electron chi connectivity index (χ3n) is 4.36. The lowest BCUT2D eigenvalue weighted by molar-refractivity contribution is -0.158. The van der Waals surface area contributed by atoms with Crippen LogP contribution in [0.25, 0.3) is 0 Å². The quantitative estimate of drug-likeness (QED) is 0.774. The van der Waals surface area contributed by atoms with Gasteiger partial charge in [0.05, 0.1) is 0 Å². The predicted molar refractivity (Wildman–Crippen MR) is 65.6 cm³/mol. The van der Waals surface area contributed by atoms with Gasteiger partial charge in [-0.1, -0.05) is 33.1 Å². The number of urea groups is 1. The van der Waals surface area contributed by atoms with Crippen molar-refractivity contribution < 1.29 is 14.4 Å². The Balaban J connectivity index is 2.16. The zero-order valence-corrected chi connectivity index (χ0v) is 11.0. The van der Waals surface area contributed by atoms with E-state index >= 15 is 0 Å². The summed E-state index contributed by atoms with van der Waals surface area (Å²) in [6, 6.07) is -0.547. The van der Waals surface area contributed by atoms with Gasteiger partial charge >= 0.3 is 6.03 Å². The fraction of sp³-hybridized carbons (Fsp3) is 0.769. The Bertz CT molecular complexity index is 384. The fourth-order valence-corrected chi connectivity index (χ4v) is 2.67. The van der Waals surface area contributed by atoms with Gasteiger partial charge in [0.25, 0.3) is 0 Å². The van der Waals surface area contributed by atoms with Crippen LogP contribution in [0.3, 0.4) is 0 Å². The summed E-state index contributed by atoms with van der Waals surface area (Å²) in [5, 5.41) is 2.33. The van der Waals surface area contributed by atoms with Crippen molar-refractivity contribution in [3.8, 4) is 0 Å². The predicted octanol–water partition coefficient (Wildman–Crippen LogP) is 1.67. The van der Waals surface area contributed by atoms with Crippen molar-refractivity contribution >= 4 is 17.8 Å². The molecule has 1 aliphatic heterocycles. The molecule has 0 aromatic heterocycles. The molecule has 100 valence electrons. The summed E-state index contributed by atoms with van der Waals surface area (Å²) in [6.07, 6.45) is 3.88. The second-order valence-corrected chi connectivity index (χ2v) is 5.29. The number of nitrogens with zero attached hydrogens (tertiary/aromatic N) is 1. The van der Waals surface area contributed by atoms with Crippen molar-refractivity contribution in [2.24, 2.45) is 11.3 Å². The maximum Gasteiger partial charge on any atom is 0.330 e. The minimum atomic E-state index is -0.931. The lowest BCUT2D eigenvalue weighted by Crippen LogP contribution is -2.66. The fourth-order valence-electron chi connectivity index (χ4n) is 2.67. The van der Waals surface area contributed by atoms with E-state index in [1.165, 1.54) is 4.90 Å². The van der Waals surface area contributed by atoms with E-state index in [9.17, 15) is 14.4 Å². The van der Waals surface area contributed by atoms with Crippen molar-refractivity contribution in [2.45, 2.75) is 46.0 Å². The third-order valence-corrected chi connectivity index (χ3v) is 4.36. The van der Waals surface area contributed by atoms with Gasteiger partial charge in [-0.05, 0) is 18.8 Å². The highest BCUT2D eigenvalue weighted by atomic mass is 16.2. The van der Waals surface area contributed by atoms with Gasteiger partial charge in [0.15, 0.2) is 0 Å². The zero-order chi connectivity index (χ0) is 13.3. The van der Waals surface area contributed by atoms with E-state index < -0.39 is 17.4 Å². The van der Waals surface area contributed by atoms with Crippen molar-refractivity contribution in [1.82, 2.24) is 10.2 Å². The summed E-state index contributed by atoms with van der Waals surface area (Å²) in [4.78, 5) is 37.2. The molecule has 0 bridgehead atoms. The Labute approximate surface area is 107 Å². The summed E-state index contributed by atoms with van der Waals surface area (Å²) in [5.74, 6) is -0.371. The lowest BCUT2D eigenvalue weighted by Gasteiger charge is -2.45. The van der Waals surface area contributed by atoms with Crippen LogP contribution in [-0.2, 0) is 9.59 Å². The van der Waals surface area contributed by atoms with Crippen LogP contribution < -0.4 is 5.32 Å². The number of carbonyl (C=O) groups is 3. The molecule has 4 amide bonds. The normalized spacial score (nSPS) is 22.4. The van der Waals surface area contributed by atoms with Gasteiger partial charge in [0.2, 0.25) is 11.8 Å². The second-order valence-electron chi connectivity index (χ2n) is 5.29. The van der Waals surface area contributed by atoms with E-state index in [2.05, 4.69) is 5.32 Å². The molecule has 2 aliphatic rings. The first-order valence-corrected chi connectivity index (χ1v) is 6.72. The number of rotatable bonds is 4. The van der Waals surface area contributed by atoms with Crippen LogP contribution in [0.4, 0.5) is 4.79 Å². The standard InChI is InChI=1S/C13H20N2O3/c1-3-9(4-2)8-15-11(17)13(6-5-7-13)10(16)14-12(15)18/h9H,3-8H2,1-2H3,(H,14,16,18). The Hall–Kier alpha value is -1.39. The number of nitrogens with one attached hydrogen (secondary N) is 1. The van der Waals surface area contributed by atoms with Crippen molar-refractivity contribution in [2.75, 3.05) is 6.54 Å². The molecule has 0 radical (unpaired) electrons. The summed E-state index contributed by atoms with van der Waals surface area (Å²) in [6.45, 7) is 4.52. The van der Waals surface area contributed by atoms with Crippen molar-refractivity contribution in [3.05, 3.63) is 0 Å². The topological polar surface area (TPSA) is 66.5 Å². The summed E-state index contributed by atoms with van der Waals surface area (Å²) < 4.78 is 0. The maximum atomic E-state index is 12.4. The minimum Gasteiger partial charge on any atom is -0.277 e. The number of hydrogen-bond donors (Lipinski definition) is 1. The van der Waals surface area contributed by atoms with E-state index in [0.29, 0.717) is 25.3 Å². The molecule has 0 atom stereocenters. The number of hydrogen-bond acceptors (Lipinski definition) is 3. The lowest BCUT2D eigenvalue weighted by atomic mass is 9.66. The molecule has 0 aromatic rings. The first-order chi connectivity index (χ1) is 8.55. The monoisotopic (exact) mass is 252 g/mol. The van der Waals surface area contributed by atoms with E-state index in [4.69, 9.17) is 0 Å². The SMILES string of the molecule is CCC(CC)CN1C(=O)NC(=O)C2(CCC2)C1=O. The third kappa shape index (κ3) is 1.82. The molecular formula is C13H20N2O3. The molecule has 0 unspecified atom stereocenters. The molecule has 1 saturated heterocycles. The molecule has 5 nitrogen and oxygen atoms in total. The first kappa shape index (κ1) is 13.1. The van der Waals surface area contributed by atoms with Crippen LogP contribution in [0.15, 0.2) is 0 Å². The smallest absolute Gasteiger partial charge is 0.277 e. The molecule has 1 spiro atoms. The van der Waals surface area contributed by atoms with Crippen molar-refractivity contribution in [1.29, 1.82) is 0 Å². The number of amides is 4. The number of imide groups is 2. The Morgan fingerprint density at radius 2 is 1.83 bits per heavy atom. The molecule has 1 saturated carbocycles. The average molecular weight is 252 g/mol. The minimum absolute atomic E-state index is 0.283. The highest BCUT2D eigenvalue weighted by Crippen LogP contribution is 2.44. The van der Waals surface area contributed by atoms with E-state index in [1.807, 2.05) is 13.8 Å². The van der Waals surface area contributed by atoms with E-state index in [-0.39, 0.29) is 5.91 Å². The van der Waals surface area contributed by atoms with E-state index in [0.717, 1.165) is 19.3 Å². The average Bonchev–Trinajstić information content (AvgIpc) is 2.27. The van der Waals surface area contributed by atoms with Gasteiger partial charge in [0, 0.05) is 6.54 Å². The molecule has 0 aromatic carbocycles. The zero-order valence-electron chi connectivity index (χ0n) is 11.0. The van der Waals surface area contributed by atoms with Gasteiger partial charge in [-0.3, -0.25) is 19.8 Å². The van der Waals surface area contributed by atoms with Crippen LogP contribution >= 0.6 is 0 Å². The molecule has 1 N–H and O–H groups in total. The molecule has 18 heavy (non-hydrogen) atoms. The highest BCUT2D eigenvalue weighted by Gasteiger charge is 2.57. The second kappa shape index (κ2) is 4.71. The van der Waals surface area contributed by atoms with Gasteiger partial charge in [-0.25, -0.2) is 4.79 Å². The number of barbiturate groups is 1. The molecule has 1 heterocycles. The van der Waals surface area contributed by atoms with Gasteiger partial charge in [-0.15, -0.1) is 0 Å². The summed E-state index contributed by atoms with van der Waals surface area (Å²) in [7, 11) is 0.